The van der Waals surface area contributed by atoms with Gasteiger partial charge in [-0.1, -0.05) is 23.7 Å². The Morgan fingerprint density at radius 1 is 1.14 bits per heavy atom. The van der Waals surface area contributed by atoms with Gasteiger partial charge in [0.2, 0.25) is 0 Å². The van der Waals surface area contributed by atoms with E-state index in [-0.39, 0.29) is 27.4 Å². The molecule has 1 aliphatic carbocycles. The molecule has 2 aromatic carbocycles. The van der Waals surface area contributed by atoms with Crippen molar-refractivity contribution in [2.45, 2.75) is 37.5 Å². The number of benzene rings is 2. The van der Waals surface area contributed by atoms with Crippen LogP contribution in [0.1, 0.15) is 31.2 Å². The van der Waals surface area contributed by atoms with Crippen LogP contribution in [0, 0.1) is 24.2 Å². The molecule has 0 aromatic heterocycles. The van der Waals surface area contributed by atoms with E-state index >= 15 is 0 Å². The highest BCUT2D eigenvalue weighted by Gasteiger charge is 2.24. The Balaban J connectivity index is 1.66. The average molecular weight is 437 g/mol. The van der Waals surface area contributed by atoms with E-state index in [4.69, 9.17) is 31.7 Å². The number of nitrogens with two attached hydrogens (primary N) is 1. The van der Waals surface area contributed by atoms with Crippen molar-refractivity contribution in [2.24, 2.45) is 17.6 Å². The average Bonchev–Trinajstić information content (AvgIpc) is 2.66. The van der Waals surface area contributed by atoms with Crippen molar-refractivity contribution in [3.8, 4) is 11.5 Å². The van der Waals surface area contributed by atoms with E-state index in [1.54, 1.807) is 24.3 Å². The summed E-state index contributed by atoms with van der Waals surface area (Å²) in [4.78, 5) is -0.0760. The fourth-order valence-electron chi connectivity index (χ4n) is 3.52. The molecule has 0 heterocycles. The van der Waals surface area contributed by atoms with Crippen LogP contribution < -0.4 is 14.7 Å². The van der Waals surface area contributed by atoms with Crippen molar-refractivity contribution >= 4 is 27.6 Å². The fraction of sp³-hybridized carbons (Fsp3) is 0.381. The van der Waals surface area contributed by atoms with E-state index in [0.717, 1.165) is 31.2 Å². The Morgan fingerprint density at radius 3 is 2.45 bits per heavy atom. The molecular weight excluding hydrogens is 412 g/mol. The lowest BCUT2D eigenvalue weighted by Crippen LogP contribution is -2.28. The van der Waals surface area contributed by atoms with E-state index in [9.17, 15) is 8.42 Å². The number of hydrogen-bond donors (Lipinski definition) is 2. The molecule has 1 saturated carbocycles. The van der Waals surface area contributed by atoms with E-state index in [1.807, 2.05) is 13.0 Å². The zero-order chi connectivity index (χ0) is 21.0. The maximum atomic E-state index is 12.6. The fourth-order valence-corrected chi connectivity index (χ4v) is 4.93. The van der Waals surface area contributed by atoms with Gasteiger partial charge in [0.1, 0.15) is 16.4 Å². The first-order valence-corrected chi connectivity index (χ1v) is 11.3. The van der Waals surface area contributed by atoms with Crippen molar-refractivity contribution in [2.75, 3.05) is 6.61 Å². The van der Waals surface area contributed by atoms with Gasteiger partial charge in [-0.2, -0.15) is 8.42 Å². The molecule has 3 N–H and O–H groups in total. The minimum Gasteiger partial charge on any atom is -0.493 e. The highest BCUT2D eigenvalue weighted by atomic mass is 35.5. The molecule has 29 heavy (non-hydrogen) atoms. The second-order valence-corrected chi connectivity index (χ2v) is 9.36. The largest absolute Gasteiger partial charge is 0.493 e. The number of aryl methyl sites for hydroxylation is 1. The van der Waals surface area contributed by atoms with Crippen LogP contribution in [0.25, 0.3) is 0 Å². The van der Waals surface area contributed by atoms with E-state index in [2.05, 4.69) is 0 Å². The van der Waals surface area contributed by atoms with Gasteiger partial charge in [-0.25, -0.2) is 0 Å². The predicted octanol–water partition coefficient (Wildman–Crippen LogP) is 4.54. The van der Waals surface area contributed by atoms with Crippen LogP contribution in [0.3, 0.4) is 0 Å². The van der Waals surface area contributed by atoms with Gasteiger partial charge in [-0.05, 0) is 68.4 Å². The molecular formula is C21H25ClN2O4S. The molecule has 0 atom stereocenters. The number of ether oxygens (including phenoxy) is 1. The summed E-state index contributed by atoms with van der Waals surface area (Å²) in [5.74, 6) is 1.58. The van der Waals surface area contributed by atoms with Crippen molar-refractivity contribution < 1.29 is 17.3 Å². The Labute approximate surface area is 176 Å². The standard InChI is InChI=1S/C21H25ClN2O4S/c1-14-10-17(27-13-15-6-8-16(9-7-15)21(23)24)12-18(11-14)28-29(25,26)20-5-3-2-4-19(20)22/h2-5,10-12,15-16H,6-9,13H2,1H3,(H3,23,24). The molecule has 0 aliphatic heterocycles. The van der Waals surface area contributed by atoms with Gasteiger partial charge in [0, 0.05) is 12.0 Å². The molecule has 2 aromatic rings. The highest BCUT2D eigenvalue weighted by molar-refractivity contribution is 7.87. The molecule has 0 unspecified atom stereocenters. The third kappa shape index (κ3) is 5.64. The van der Waals surface area contributed by atoms with E-state index in [1.165, 1.54) is 12.1 Å². The molecule has 1 aliphatic rings. The van der Waals surface area contributed by atoms with Crippen LogP contribution in [-0.2, 0) is 10.1 Å². The summed E-state index contributed by atoms with van der Waals surface area (Å²) < 4.78 is 36.3. The van der Waals surface area contributed by atoms with Crippen molar-refractivity contribution in [3.63, 3.8) is 0 Å². The molecule has 8 heteroatoms. The third-order valence-corrected chi connectivity index (χ3v) is 6.86. The van der Waals surface area contributed by atoms with Gasteiger partial charge >= 0.3 is 10.1 Å². The van der Waals surface area contributed by atoms with Crippen LogP contribution in [0.2, 0.25) is 5.02 Å². The Hall–Kier alpha value is -2.25. The number of halogens is 1. The molecule has 156 valence electrons. The van der Waals surface area contributed by atoms with Crippen LogP contribution >= 0.6 is 11.6 Å². The molecule has 0 radical (unpaired) electrons. The molecule has 0 spiro atoms. The van der Waals surface area contributed by atoms with Crippen molar-refractivity contribution in [1.82, 2.24) is 0 Å². The van der Waals surface area contributed by atoms with Crippen molar-refractivity contribution in [1.29, 1.82) is 5.41 Å². The van der Waals surface area contributed by atoms with Gasteiger partial charge < -0.3 is 14.7 Å². The van der Waals surface area contributed by atoms with E-state index in [0.29, 0.717) is 18.3 Å². The monoisotopic (exact) mass is 436 g/mol. The molecule has 0 bridgehead atoms. The first-order chi connectivity index (χ1) is 13.7. The summed E-state index contributed by atoms with van der Waals surface area (Å²) in [6.45, 7) is 2.38. The Kier molecular flexibility index (Phi) is 6.70. The Morgan fingerprint density at radius 2 is 1.79 bits per heavy atom. The predicted molar refractivity (Wildman–Crippen MR) is 113 cm³/mol. The minimum absolute atomic E-state index is 0.0760. The first kappa shape index (κ1) is 21.5. The second kappa shape index (κ2) is 9.05. The van der Waals surface area contributed by atoms with Crippen LogP contribution in [0.5, 0.6) is 11.5 Å². The van der Waals surface area contributed by atoms with Crippen LogP contribution in [0.4, 0.5) is 0 Å². The summed E-state index contributed by atoms with van der Waals surface area (Å²) in [6, 6.07) is 11.2. The lowest BCUT2D eigenvalue weighted by molar-refractivity contribution is 0.197. The van der Waals surface area contributed by atoms with Gasteiger partial charge in [-0.3, -0.25) is 5.41 Å². The summed E-state index contributed by atoms with van der Waals surface area (Å²) in [6.07, 6.45) is 3.73. The molecule has 3 rings (SSSR count). The van der Waals surface area contributed by atoms with Gasteiger partial charge in [0.25, 0.3) is 0 Å². The lowest BCUT2D eigenvalue weighted by Gasteiger charge is -2.27. The summed E-state index contributed by atoms with van der Waals surface area (Å²) in [5.41, 5.74) is 6.42. The number of amidine groups is 1. The Bertz CT molecular complexity index is 986. The maximum Gasteiger partial charge on any atom is 0.340 e. The summed E-state index contributed by atoms with van der Waals surface area (Å²) >= 11 is 6.00. The number of hydrogen-bond acceptors (Lipinski definition) is 5. The smallest absolute Gasteiger partial charge is 0.340 e. The van der Waals surface area contributed by atoms with Gasteiger partial charge in [0.15, 0.2) is 0 Å². The molecule has 6 nitrogen and oxygen atoms in total. The zero-order valence-corrected chi connectivity index (χ0v) is 17.8. The van der Waals surface area contributed by atoms with Crippen LogP contribution in [-0.4, -0.2) is 20.9 Å². The molecule has 1 fully saturated rings. The molecule has 0 saturated heterocycles. The minimum atomic E-state index is -4.05. The lowest BCUT2D eigenvalue weighted by atomic mass is 9.82. The third-order valence-electron chi connectivity index (χ3n) is 5.11. The van der Waals surface area contributed by atoms with E-state index < -0.39 is 10.1 Å². The van der Waals surface area contributed by atoms with Gasteiger partial charge in [-0.15, -0.1) is 0 Å². The quantitative estimate of drug-likeness (QED) is 0.377. The summed E-state index contributed by atoms with van der Waals surface area (Å²) in [7, 11) is -4.05. The first-order valence-electron chi connectivity index (χ1n) is 9.52. The second-order valence-electron chi connectivity index (χ2n) is 7.43. The highest BCUT2D eigenvalue weighted by Crippen LogP contribution is 2.31. The zero-order valence-electron chi connectivity index (χ0n) is 16.2. The SMILES string of the molecule is Cc1cc(OCC2CCC(C(=N)N)CC2)cc(OS(=O)(=O)c2ccccc2Cl)c1. The van der Waals surface area contributed by atoms with Gasteiger partial charge in [0.05, 0.1) is 17.5 Å². The maximum absolute atomic E-state index is 12.6. The number of rotatable bonds is 7. The van der Waals surface area contributed by atoms with Crippen LogP contribution in [0.15, 0.2) is 47.4 Å². The molecule has 0 amide bonds. The summed E-state index contributed by atoms with van der Waals surface area (Å²) in [5, 5.41) is 7.67. The van der Waals surface area contributed by atoms with Crippen molar-refractivity contribution in [3.05, 3.63) is 53.1 Å². The normalized spacial score (nSPS) is 19.5. The number of nitrogens with one attached hydrogen (secondary N) is 1. The topological polar surface area (TPSA) is 102 Å².